The molecule has 0 aliphatic carbocycles. The summed E-state index contributed by atoms with van der Waals surface area (Å²) >= 11 is 1.26. The summed E-state index contributed by atoms with van der Waals surface area (Å²) in [6.07, 6.45) is 0.968. The monoisotopic (exact) mass is 506 g/mol. The number of anilines is 2. The Morgan fingerprint density at radius 2 is 2.03 bits per heavy atom. The smallest absolute Gasteiger partial charge is 0.290 e. The first kappa shape index (κ1) is 25.6. The minimum absolute atomic E-state index is 0.188. The maximum atomic E-state index is 14.9. The van der Waals surface area contributed by atoms with Crippen molar-refractivity contribution in [3.8, 4) is 0 Å². The van der Waals surface area contributed by atoms with Crippen LogP contribution >= 0.6 is 11.3 Å². The molecule has 11 heteroatoms. The highest BCUT2D eigenvalue weighted by Gasteiger charge is 2.28. The number of aryl methyl sites for hydroxylation is 1. The van der Waals surface area contributed by atoms with Gasteiger partial charge in [-0.25, -0.2) is 17.8 Å². The van der Waals surface area contributed by atoms with Crippen LogP contribution in [0, 0.1) is 12.7 Å². The number of rotatable bonds is 7. The standard InChI is InChI=1S/C22H25FN4O2S2.CH2O2/c1-16-10-21(31(28,29)25-22-14-30-15-24-22)19(23)11-20(16)26(2)18-8-9-27(13-18)12-17-6-4-3-5-7-17;2-1-3/h3-7,10-11,14-15,18,25H,8-9,12-13H2,1-2H3;1H,(H,2,3). The molecule has 0 spiro atoms. The van der Waals surface area contributed by atoms with Crippen molar-refractivity contribution < 1.29 is 22.7 Å². The fraction of sp³-hybridized carbons (Fsp3) is 0.304. The van der Waals surface area contributed by atoms with Gasteiger partial charge in [-0.1, -0.05) is 30.3 Å². The second kappa shape index (κ2) is 11.4. The number of aromatic nitrogens is 1. The molecule has 4 rings (SSSR count). The highest BCUT2D eigenvalue weighted by Crippen LogP contribution is 2.30. The third kappa shape index (κ3) is 6.31. The Bertz CT molecular complexity index is 1190. The van der Waals surface area contributed by atoms with Gasteiger partial charge in [0.2, 0.25) is 0 Å². The molecular weight excluding hydrogens is 479 g/mol. The van der Waals surface area contributed by atoms with E-state index >= 15 is 0 Å². The van der Waals surface area contributed by atoms with Gasteiger partial charge in [-0.3, -0.25) is 14.4 Å². The van der Waals surface area contributed by atoms with Crippen molar-refractivity contribution in [2.24, 2.45) is 0 Å². The first-order chi connectivity index (χ1) is 16.2. The number of carbonyl (C=O) groups is 1. The number of hydrogen-bond donors (Lipinski definition) is 2. The van der Waals surface area contributed by atoms with Gasteiger partial charge < -0.3 is 10.0 Å². The van der Waals surface area contributed by atoms with Gasteiger partial charge in [-0.2, -0.15) is 0 Å². The lowest BCUT2D eigenvalue weighted by molar-refractivity contribution is -0.122. The highest BCUT2D eigenvalue weighted by molar-refractivity contribution is 7.92. The van der Waals surface area contributed by atoms with Gasteiger partial charge in [0.1, 0.15) is 10.7 Å². The largest absolute Gasteiger partial charge is 0.483 e. The first-order valence-electron chi connectivity index (χ1n) is 10.5. The number of likely N-dealkylation sites (N-methyl/N-ethyl adjacent to an activating group) is 1. The molecule has 8 nitrogen and oxygen atoms in total. The second-order valence-electron chi connectivity index (χ2n) is 7.93. The molecule has 0 saturated carbocycles. The molecular formula is C23H27FN4O4S2. The topological polar surface area (TPSA) is 103 Å². The third-order valence-corrected chi connectivity index (χ3v) is 7.59. The minimum Gasteiger partial charge on any atom is -0.483 e. The molecule has 1 atom stereocenters. The summed E-state index contributed by atoms with van der Waals surface area (Å²) in [6, 6.07) is 13.3. The van der Waals surface area contributed by atoms with Crippen LogP contribution in [0.2, 0.25) is 0 Å². The van der Waals surface area contributed by atoms with Crippen LogP contribution in [0.1, 0.15) is 17.5 Å². The van der Waals surface area contributed by atoms with Gasteiger partial charge in [-0.05, 0) is 36.6 Å². The first-order valence-corrected chi connectivity index (χ1v) is 13.0. The van der Waals surface area contributed by atoms with Crippen LogP contribution in [0.3, 0.4) is 0 Å². The number of nitrogens with zero attached hydrogens (tertiary/aromatic N) is 3. The molecule has 2 heterocycles. The number of hydrogen-bond acceptors (Lipinski definition) is 7. The van der Waals surface area contributed by atoms with Crippen LogP contribution in [0.5, 0.6) is 0 Å². The Balaban J connectivity index is 0.00000103. The van der Waals surface area contributed by atoms with Gasteiger partial charge in [-0.15, -0.1) is 11.3 Å². The summed E-state index contributed by atoms with van der Waals surface area (Å²) < 4.78 is 42.5. The highest BCUT2D eigenvalue weighted by atomic mass is 32.2. The molecule has 2 aromatic carbocycles. The van der Waals surface area contributed by atoms with Gasteiger partial charge >= 0.3 is 0 Å². The molecule has 1 aromatic heterocycles. The quantitative estimate of drug-likeness (QED) is 0.470. The molecule has 1 unspecified atom stereocenters. The maximum Gasteiger partial charge on any atom is 0.290 e. The SMILES string of the molecule is Cc1cc(S(=O)(=O)Nc2cscn2)c(F)cc1N(C)C1CCN(Cc2ccccc2)C1.O=CO. The summed E-state index contributed by atoms with van der Waals surface area (Å²) in [5.41, 5.74) is 4.20. The Morgan fingerprint density at radius 1 is 1.32 bits per heavy atom. The molecule has 1 aliphatic heterocycles. The van der Waals surface area contributed by atoms with Crippen molar-refractivity contribution in [1.29, 1.82) is 0 Å². The molecule has 2 N–H and O–H groups in total. The van der Waals surface area contributed by atoms with Crippen LogP contribution in [-0.4, -0.2) is 56.1 Å². The van der Waals surface area contributed by atoms with Crippen molar-refractivity contribution in [3.63, 3.8) is 0 Å². The van der Waals surface area contributed by atoms with E-state index in [4.69, 9.17) is 9.90 Å². The van der Waals surface area contributed by atoms with E-state index in [1.807, 2.05) is 32.2 Å². The van der Waals surface area contributed by atoms with Gasteiger partial charge in [0.15, 0.2) is 5.82 Å². The summed E-state index contributed by atoms with van der Waals surface area (Å²) in [6.45, 7) is 4.29. The Hall–Kier alpha value is -3.02. The summed E-state index contributed by atoms with van der Waals surface area (Å²) in [5, 5.41) is 8.45. The predicted molar refractivity (Wildman–Crippen MR) is 131 cm³/mol. The Kier molecular flexibility index (Phi) is 8.59. The lowest BCUT2D eigenvalue weighted by atomic mass is 10.1. The minimum atomic E-state index is -4.05. The molecule has 0 amide bonds. The van der Waals surface area contributed by atoms with Crippen molar-refractivity contribution >= 4 is 39.3 Å². The summed E-state index contributed by atoms with van der Waals surface area (Å²) in [5.74, 6) is -0.581. The van der Waals surface area contributed by atoms with E-state index in [2.05, 4.69) is 31.6 Å². The lowest BCUT2D eigenvalue weighted by Gasteiger charge is -2.29. The summed E-state index contributed by atoms with van der Waals surface area (Å²) in [7, 11) is -2.10. The normalized spacial score (nSPS) is 15.9. The lowest BCUT2D eigenvalue weighted by Crippen LogP contribution is -2.35. The third-order valence-electron chi connectivity index (χ3n) is 5.64. The van der Waals surface area contributed by atoms with Crippen LogP contribution in [0.25, 0.3) is 0 Å². The van der Waals surface area contributed by atoms with Crippen molar-refractivity contribution in [2.45, 2.75) is 30.8 Å². The molecule has 0 radical (unpaired) electrons. The Labute approximate surface area is 202 Å². The van der Waals surface area contributed by atoms with Crippen molar-refractivity contribution in [2.75, 3.05) is 29.8 Å². The predicted octanol–water partition coefficient (Wildman–Crippen LogP) is 3.80. The number of nitrogens with one attached hydrogen (secondary N) is 1. The van der Waals surface area contributed by atoms with E-state index < -0.39 is 15.8 Å². The maximum absolute atomic E-state index is 14.9. The van der Waals surface area contributed by atoms with E-state index in [9.17, 15) is 12.8 Å². The number of sulfonamides is 1. The van der Waals surface area contributed by atoms with Crippen molar-refractivity contribution in [1.82, 2.24) is 9.88 Å². The zero-order valence-corrected chi connectivity index (χ0v) is 20.5. The Morgan fingerprint density at radius 3 is 2.68 bits per heavy atom. The van der Waals surface area contributed by atoms with Crippen LogP contribution in [0.4, 0.5) is 15.9 Å². The average molecular weight is 507 g/mol. The number of likely N-dealkylation sites (tertiary alicyclic amines) is 1. The van der Waals surface area contributed by atoms with Crippen LogP contribution < -0.4 is 9.62 Å². The van der Waals surface area contributed by atoms with Gasteiger partial charge in [0, 0.05) is 43.8 Å². The molecule has 1 fully saturated rings. The molecule has 34 heavy (non-hydrogen) atoms. The molecule has 1 aliphatic rings. The molecule has 0 bridgehead atoms. The molecule has 1 saturated heterocycles. The van der Waals surface area contributed by atoms with Gasteiger partial charge in [0.05, 0.1) is 5.51 Å². The van der Waals surface area contributed by atoms with E-state index in [1.165, 1.54) is 34.5 Å². The van der Waals surface area contributed by atoms with E-state index in [0.29, 0.717) is 11.3 Å². The average Bonchev–Trinajstić information content (AvgIpc) is 3.48. The molecule has 3 aromatic rings. The zero-order chi connectivity index (χ0) is 24.7. The van der Waals surface area contributed by atoms with E-state index in [-0.39, 0.29) is 23.2 Å². The fourth-order valence-corrected chi connectivity index (χ4v) is 5.70. The van der Waals surface area contributed by atoms with Crippen LogP contribution in [-0.2, 0) is 21.4 Å². The van der Waals surface area contributed by atoms with Crippen LogP contribution in [0.15, 0.2) is 58.3 Å². The number of thiazole rings is 1. The number of benzene rings is 2. The fourth-order valence-electron chi connectivity index (χ4n) is 4.00. The van der Waals surface area contributed by atoms with Gasteiger partial charge in [0.25, 0.3) is 16.5 Å². The summed E-state index contributed by atoms with van der Waals surface area (Å²) in [4.78, 5) is 16.4. The zero-order valence-electron chi connectivity index (χ0n) is 18.9. The number of carboxylic acid groups (broad SMARTS) is 1. The van der Waals surface area contributed by atoms with Crippen molar-refractivity contribution in [3.05, 3.63) is 70.3 Å². The van der Waals surface area contributed by atoms with E-state index in [1.54, 1.807) is 5.38 Å². The number of halogens is 1. The second-order valence-corrected chi connectivity index (χ2v) is 10.3. The molecule has 182 valence electrons. The van der Waals surface area contributed by atoms with E-state index in [0.717, 1.165) is 26.1 Å².